The van der Waals surface area contributed by atoms with Crippen LogP contribution in [0.5, 0.6) is 0 Å². The Morgan fingerprint density at radius 3 is 2.80 bits per heavy atom. The largest absolute Gasteiger partial charge is 0.398 e. The van der Waals surface area contributed by atoms with Crippen molar-refractivity contribution >= 4 is 15.7 Å². The Balaban J connectivity index is 1.79. The van der Waals surface area contributed by atoms with Crippen LogP contribution in [-0.4, -0.2) is 32.7 Å². The van der Waals surface area contributed by atoms with Crippen LogP contribution in [0.1, 0.15) is 32.1 Å². The monoisotopic (exact) mass is 299 g/mol. The maximum Gasteiger partial charge on any atom is 0.244 e. The molecule has 1 saturated carbocycles. The summed E-state index contributed by atoms with van der Waals surface area (Å²) >= 11 is 0. The van der Waals surface area contributed by atoms with Crippen LogP contribution in [0.4, 0.5) is 5.69 Å². The summed E-state index contributed by atoms with van der Waals surface area (Å²) in [5, 5.41) is 0. The van der Waals surface area contributed by atoms with Gasteiger partial charge in [0.15, 0.2) is 0 Å². The van der Waals surface area contributed by atoms with Gasteiger partial charge in [0, 0.05) is 18.9 Å². The average molecular weight is 299 g/mol. The van der Waals surface area contributed by atoms with Crippen molar-refractivity contribution in [2.45, 2.75) is 43.1 Å². The first-order chi connectivity index (χ1) is 9.59. The second-order valence-corrected chi connectivity index (χ2v) is 6.68. The first-order valence-corrected chi connectivity index (χ1v) is 8.38. The maximum absolute atomic E-state index is 12.0. The highest BCUT2D eigenvalue weighted by atomic mass is 32.2. The number of nitrogens with two attached hydrogens (primary N) is 1. The van der Waals surface area contributed by atoms with E-state index >= 15 is 0 Å². The van der Waals surface area contributed by atoms with Gasteiger partial charge in [-0.15, -0.1) is 0 Å². The lowest BCUT2D eigenvalue weighted by atomic mass is 9.98. The van der Waals surface area contributed by atoms with Crippen LogP contribution in [-0.2, 0) is 14.8 Å². The van der Waals surface area contributed by atoms with E-state index in [1.807, 2.05) is 0 Å². The molecule has 7 heteroatoms. The minimum Gasteiger partial charge on any atom is -0.398 e. The van der Waals surface area contributed by atoms with Gasteiger partial charge in [0.05, 0.1) is 18.4 Å². The molecule has 1 aliphatic carbocycles. The van der Waals surface area contributed by atoms with Gasteiger partial charge in [-0.3, -0.25) is 4.98 Å². The van der Waals surface area contributed by atoms with Gasteiger partial charge in [-0.25, -0.2) is 13.1 Å². The summed E-state index contributed by atoms with van der Waals surface area (Å²) in [4.78, 5) is 3.79. The highest BCUT2D eigenvalue weighted by molar-refractivity contribution is 7.89. The molecule has 1 aromatic heterocycles. The summed E-state index contributed by atoms with van der Waals surface area (Å²) in [6, 6.07) is 1.47. The highest BCUT2D eigenvalue weighted by Gasteiger charge is 2.18. The molecule has 6 nitrogen and oxygen atoms in total. The van der Waals surface area contributed by atoms with Crippen LogP contribution in [0, 0.1) is 0 Å². The molecule has 0 radical (unpaired) electrons. The molecule has 20 heavy (non-hydrogen) atoms. The predicted molar refractivity (Wildman–Crippen MR) is 76.7 cm³/mol. The molecular weight excluding hydrogens is 278 g/mol. The van der Waals surface area contributed by atoms with E-state index < -0.39 is 10.0 Å². The summed E-state index contributed by atoms with van der Waals surface area (Å²) in [6.07, 6.45) is 8.79. The first kappa shape index (κ1) is 15.2. The number of sulfonamides is 1. The van der Waals surface area contributed by atoms with Crippen molar-refractivity contribution in [2.75, 3.05) is 18.9 Å². The molecule has 0 aliphatic heterocycles. The Bertz CT molecular complexity index is 527. The van der Waals surface area contributed by atoms with E-state index in [1.165, 1.54) is 37.7 Å². The molecule has 0 aromatic carbocycles. The van der Waals surface area contributed by atoms with E-state index in [-0.39, 0.29) is 23.2 Å². The zero-order chi connectivity index (χ0) is 14.4. The standard InChI is InChI=1S/C13H21N3O3S/c14-12-6-7-15-10-13(12)20(17,18)16-8-9-19-11-4-2-1-3-5-11/h6-7,10-11,16H,1-5,8-9H2,(H2,14,15). The highest BCUT2D eigenvalue weighted by Crippen LogP contribution is 2.20. The number of pyridine rings is 1. The summed E-state index contributed by atoms with van der Waals surface area (Å²) in [5.74, 6) is 0. The minimum atomic E-state index is -3.61. The summed E-state index contributed by atoms with van der Waals surface area (Å²) < 4.78 is 32.2. The van der Waals surface area contributed by atoms with Crippen molar-refractivity contribution in [3.8, 4) is 0 Å². The smallest absolute Gasteiger partial charge is 0.244 e. The zero-order valence-corrected chi connectivity index (χ0v) is 12.2. The molecule has 112 valence electrons. The van der Waals surface area contributed by atoms with Crippen molar-refractivity contribution < 1.29 is 13.2 Å². The minimum absolute atomic E-state index is 0.0117. The molecule has 0 amide bonds. The number of rotatable bonds is 6. The predicted octanol–water partition coefficient (Wildman–Crippen LogP) is 1.29. The molecule has 1 aromatic rings. The maximum atomic E-state index is 12.0. The lowest BCUT2D eigenvalue weighted by molar-refractivity contribution is 0.0321. The summed E-state index contributed by atoms with van der Waals surface area (Å²) in [5.41, 5.74) is 5.83. The van der Waals surface area contributed by atoms with E-state index in [0.29, 0.717) is 6.61 Å². The van der Waals surface area contributed by atoms with E-state index in [1.54, 1.807) is 0 Å². The Hall–Kier alpha value is -1.18. The second kappa shape index (κ2) is 7.01. The number of ether oxygens (including phenoxy) is 1. The number of hydrogen-bond acceptors (Lipinski definition) is 5. The number of aromatic nitrogens is 1. The van der Waals surface area contributed by atoms with Crippen molar-refractivity contribution in [1.82, 2.24) is 9.71 Å². The SMILES string of the molecule is Nc1ccncc1S(=O)(=O)NCCOC1CCCCC1. The third-order valence-electron chi connectivity index (χ3n) is 3.41. The summed E-state index contributed by atoms with van der Waals surface area (Å²) in [7, 11) is -3.61. The molecule has 1 aliphatic rings. The molecule has 1 fully saturated rings. The fourth-order valence-electron chi connectivity index (χ4n) is 2.33. The Kier molecular flexibility index (Phi) is 5.33. The van der Waals surface area contributed by atoms with Crippen molar-refractivity contribution in [1.29, 1.82) is 0 Å². The molecule has 2 rings (SSSR count). The van der Waals surface area contributed by atoms with E-state index in [0.717, 1.165) is 12.8 Å². The third-order valence-corrected chi connectivity index (χ3v) is 4.91. The van der Waals surface area contributed by atoms with Gasteiger partial charge in [-0.1, -0.05) is 19.3 Å². The van der Waals surface area contributed by atoms with Gasteiger partial charge in [0.2, 0.25) is 10.0 Å². The van der Waals surface area contributed by atoms with E-state index in [2.05, 4.69) is 9.71 Å². The van der Waals surface area contributed by atoms with Gasteiger partial charge >= 0.3 is 0 Å². The van der Waals surface area contributed by atoms with Gasteiger partial charge in [-0.2, -0.15) is 0 Å². The molecule has 1 heterocycles. The number of anilines is 1. The average Bonchev–Trinajstić information content (AvgIpc) is 2.45. The van der Waals surface area contributed by atoms with Crippen LogP contribution in [0.25, 0.3) is 0 Å². The van der Waals surface area contributed by atoms with E-state index in [9.17, 15) is 8.42 Å². The Labute approximate surface area is 119 Å². The quantitative estimate of drug-likeness (QED) is 0.772. The molecule has 0 atom stereocenters. The van der Waals surface area contributed by atoms with Gasteiger partial charge in [-0.05, 0) is 18.9 Å². The molecule has 0 bridgehead atoms. The third kappa shape index (κ3) is 4.16. The molecule has 0 saturated heterocycles. The number of hydrogen-bond donors (Lipinski definition) is 2. The molecule has 0 unspecified atom stereocenters. The zero-order valence-electron chi connectivity index (χ0n) is 11.4. The Morgan fingerprint density at radius 1 is 1.35 bits per heavy atom. The lowest BCUT2D eigenvalue weighted by Gasteiger charge is -2.22. The van der Waals surface area contributed by atoms with Crippen LogP contribution >= 0.6 is 0 Å². The fraction of sp³-hybridized carbons (Fsp3) is 0.615. The first-order valence-electron chi connectivity index (χ1n) is 6.90. The number of nitrogens with one attached hydrogen (secondary N) is 1. The second-order valence-electron chi connectivity index (χ2n) is 4.94. The van der Waals surface area contributed by atoms with Crippen molar-refractivity contribution in [3.05, 3.63) is 18.5 Å². The van der Waals surface area contributed by atoms with Crippen LogP contribution in [0.2, 0.25) is 0 Å². The van der Waals surface area contributed by atoms with Crippen LogP contribution < -0.4 is 10.5 Å². The lowest BCUT2D eigenvalue weighted by Crippen LogP contribution is -2.30. The van der Waals surface area contributed by atoms with Crippen molar-refractivity contribution in [3.63, 3.8) is 0 Å². The number of nitrogens with zero attached hydrogens (tertiary/aromatic N) is 1. The Morgan fingerprint density at radius 2 is 2.10 bits per heavy atom. The van der Waals surface area contributed by atoms with Gasteiger partial charge in [0.25, 0.3) is 0 Å². The topological polar surface area (TPSA) is 94.3 Å². The molecule has 3 N–H and O–H groups in total. The fourth-order valence-corrected chi connectivity index (χ4v) is 3.41. The van der Waals surface area contributed by atoms with Crippen molar-refractivity contribution in [2.24, 2.45) is 0 Å². The van der Waals surface area contributed by atoms with E-state index in [4.69, 9.17) is 10.5 Å². The van der Waals surface area contributed by atoms with Gasteiger partial charge in [0.1, 0.15) is 4.90 Å². The van der Waals surface area contributed by atoms with Crippen LogP contribution in [0.15, 0.2) is 23.4 Å². The summed E-state index contributed by atoms with van der Waals surface area (Å²) in [6.45, 7) is 0.622. The number of nitrogen functional groups attached to an aromatic ring is 1. The van der Waals surface area contributed by atoms with Crippen LogP contribution in [0.3, 0.4) is 0 Å². The molecular formula is C13H21N3O3S. The van der Waals surface area contributed by atoms with Gasteiger partial charge < -0.3 is 10.5 Å². The normalized spacial score (nSPS) is 17.2. The molecule has 0 spiro atoms.